The second-order valence-electron chi connectivity index (χ2n) is 5.32. The van der Waals surface area contributed by atoms with E-state index in [4.69, 9.17) is 10.5 Å². The Bertz CT molecular complexity index is 568. The van der Waals surface area contributed by atoms with E-state index >= 15 is 0 Å². The number of anilines is 1. The van der Waals surface area contributed by atoms with E-state index in [0.29, 0.717) is 17.4 Å². The summed E-state index contributed by atoms with van der Waals surface area (Å²) in [5, 5.41) is 0. The molecule has 2 rings (SSSR count). The summed E-state index contributed by atoms with van der Waals surface area (Å²) in [7, 11) is -2.16. The average Bonchev–Trinajstić information content (AvgIpc) is 3.21. The zero-order valence-electron chi connectivity index (χ0n) is 11.9. The predicted molar refractivity (Wildman–Crippen MR) is 79.1 cm³/mol. The zero-order chi connectivity index (χ0) is 14.8. The first-order valence-electron chi connectivity index (χ1n) is 6.92. The fourth-order valence-corrected chi connectivity index (χ4v) is 3.78. The number of nitrogens with one attached hydrogen (secondary N) is 1. The lowest BCUT2D eigenvalue weighted by Gasteiger charge is -2.18. The molecule has 1 unspecified atom stereocenters. The molecule has 0 aliphatic heterocycles. The Balaban J connectivity index is 2.22. The van der Waals surface area contributed by atoms with Crippen LogP contribution in [0.4, 0.5) is 5.69 Å². The highest BCUT2D eigenvalue weighted by molar-refractivity contribution is 7.89. The summed E-state index contributed by atoms with van der Waals surface area (Å²) in [6.45, 7) is 1.99. The maximum Gasteiger partial charge on any atom is 0.244 e. The summed E-state index contributed by atoms with van der Waals surface area (Å²) < 4.78 is 32.9. The van der Waals surface area contributed by atoms with Crippen LogP contribution < -0.4 is 15.2 Å². The van der Waals surface area contributed by atoms with Crippen LogP contribution in [0.25, 0.3) is 0 Å². The number of nitrogen functional groups attached to an aromatic ring is 1. The molecule has 1 aliphatic carbocycles. The van der Waals surface area contributed by atoms with Crippen molar-refractivity contribution in [1.82, 2.24) is 4.72 Å². The standard InChI is InChI=1S/C14H22N2O3S/c1-3-12(8-10-4-5-10)16-20(17,18)14-9-11(15)6-7-13(14)19-2/h6-7,9-10,12,16H,3-5,8,15H2,1-2H3. The third kappa shape index (κ3) is 3.64. The predicted octanol–water partition coefficient (Wildman–Crippen LogP) is 2.13. The van der Waals surface area contributed by atoms with E-state index in [9.17, 15) is 8.42 Å². The third-order valence-electron chi connectivity index (χ3n) is 3.61. The molecule has 20 heavy (non-hydrogen) atoms. The SMILES string of the molecule is CCC(CC1CC1)NS(=O)(=O)c1cc(N)ccc1OC. The van der Waals surface area contributed by atoms with Gasteiger partial charge in [0.05, 0.1) is 7.11 Å². The van der Waals surface area contributed by atoms with Gasteiger partial charge in [0.15, 0.2) is 0 Å². The van der Waals surface area contributed by atoms with Crippen LogP contribution in [0.2, 0.25) is 0 Å². The number of rotatable bonds is 7. The molecule has 0 bridgehead atoms. The molecular weight excluding hydrogens is 276 g/mol. The van der Waals surface area contributed by atoms with Crippen LogP contribution in [0.5, 0.6) is 5.75 Å². The molecule has 0 spiro atoms. The molecule has 1 aromatic rings. The van der Waals surface area contributed by atoms with Gasteiger partial charge in [-0.05, 0) is 37.0 Å². The van der Waals surface area contributed by atoms with Crippen molar-refractivity contribution in [1.29, 1.82) is 0 Å². The van der Waals surface area contributed by atoms with Crippen LogP contribution in [-0.4, -0.2) is 21.6 Å². The molecule has 112 valence electrons. The van der Waals surface area contributed by atoms with Crippen molar-refractivity contribution >= 4 is 15.7 Å². The van der Waals surface area contributed by atoms with Crippen LogP contribution in [0.3, 0.4) is 0 Å². The number of ether oxygens (including phenoxy) is 1. The Kier molecular flexibility index (Phi) is 4.55. The van der Waals surface area contributed by atoms with E-state index < -0.39 is 10.0 Å². The van der Waals surface area contributed by atoms with E-state index in [-0.39, 0.29) is 10.9 Å². The maximum atomic E-state index is 12.5. The lowest BCUT2D eigenvalue weighted by Crippen LogP contribution is -2.35. The van der Waals surface area contributed by atoms with Crippen LogP contribution in [0.1, 0.15) is 32.6 Å². The molecule has 0 amide bonds. The Morgan fingerprint density at radius 1 is 1.45 bits per heavy atom. The molecule has 6 heteroatoms. The van der Waals surface area contributed by atoms with Crippen LogP contribution in [-0.2, 0) is 10.0 Å². The topological polar surface area (TPSA) is 81.4 Å². The van der Waals surface area contributed by atoms with Crippen molar-refractivity contribution in [3.8, 4) is 5.75 Å². The minimum atomic E-state index is -3.61. The summed E-state index contributed by atoms with van der Waals surface area (Å²) in [4.78, 5) is 0.106. The number of nitrogens with two attached hydrogens (primary N) is 1. The van der Waals surface area contributed by atoms with Gasteiger partial charge in [-0.25, -0.2) is 13.1 Å². The molecule has 0 aromatic heterocycles. The number of methoxy groups -OCH3 is 1. The van der Waals surface area contributed by atoms with E-state index in [1.54, 1.807) is 12.1 Å². The first-order chi connectivity index (χ1) is 9.46. The van der Waals surface area contributed by atoms with Crippen molar-refractivity contribution in [2.24, 2.45) is 5.92 Å². The fourth-order valence-electron chi connectivity index (χ4n) is 2.24. The smallest absolute Gasteiger partial charge is 0.244 e. The van der Waals surface area contributed by atoms with Crippen molar-refractivity contribution in [2.75, 3.05) is 12.8 Å². The largest absolute Gasteiger partial charge is 0.495 e. The van der Waals surface area contributed by atoms with Gasteiger partial charge in [-0.1, -0.05) is 19.8 Å². The average molecular weight is 298 g/mol. The van der Waals surface area contributed by atoms with Crippen molar-refractivity contribution in [3.63, 3.8) is 0 Å². The van der Waals surface area contributed by atoms with Gasteiger partial charge < -0.3 is 10.5 Å². The monoisotopic (exact) mass is 298 g/mol. The number of benzene rings is 1. The first kappa shape index (κ1) is 15.1. The van der Waals surface area contributed by atoms with Gasteiger partial charge in [-0.15, -0.1) is 0 Å². The molecule has 0 saturated heterocycles. The molecule has 1 fully saturated rings. The van der Waals surface area contributed by atoms with Crippen LogP contribution in [0, 0.1) is 5.92 Å². The molecule has 5 nitrogen and oxygen atoms in total. The molecule has 1 aromatic carbocycles. The molecule has 3 N–H and O–H groups in total. The lowest BCUT2D eigenvalue weighted by molar-refractivity contribution is 0.401. The minimum absolute atomic E-state index is 0.0290. The van der Waals surface area contributed by atoms with Crippen LogP contribution >= 0.6 is 0 Å². The molecule has 0 radical (unpaired) electrons. The van der Waals surface area contributed by atoms with E-state index in [1.807, 2.05) is 6.92 Å². The quantitative estimate of drug-likeness (QED) is 0.756. The van der Waals surface area contributed by atoms with Crippen molar-refractivity contribution < 1.29 is 13.2 Å². The lowest BCUT2D eigenvalue weighted by atomic mass is 10.1. The molecule has 1 aliphatic rings. The Morgan fingerprint density at radius 3 is 2.70 bits per heavy atom. The van der Waals surface area contributed by atoms with Gasteiger partial charge in [0.25, 0.3) is 0 Å². The molecule has 1 saturated carbocycles. The van der Waals surface area contributed by atoms with Gasteiger partial charge in [0.1, 0.15) is 10.6 Å². The zero-order valence-corrected chi connectivity index (χ0v) is 12.7. The first-order valence-corrected chi connectivity index (χ1v) is 8.40. The summed E-state index contributed by atoms with van der Waals surface area (Å²) in [5.41, 5.74) is 6.09. The second kappa shape index (κ2) is 6.01. The second-order valence-corrected chi connectivity index (χ2v) is 7.00. The van der Waals surface area contributed by atoms with E-state index in [1.165, 1.54) is 26.0 Å². The van der Waals surface area contributed by atoms with Gasteiger partial charge >= 0.3 is 0 Å². The van der Waals surface area contributed by atoms with Crippen molar-refractivity contribution in [2.45, 2.75) is 43.5 Å². The fraction of sp³-hybridized carbons (Fsp3) is 0.571. The summed E-state index contributed by atoms with van der Waals surface area (Å²) in [5.74, 6) is 0.985. The highest BCUT2D eigenvalue weighted by Gasteiger charge is 2.28. The van der Waals surface area contributed by atoms with Gasteiger partial charge in [-0.2, -0.15) is 0 Å². The number of sulfonamides is 1. The normalized spacial score (nSPS) is 16.9. The summed E-state index contributed by atoms with van der Waals surface area (Å²) >= 11 is 0. The Morgan fingerprint density at radius 2 is 2.15 bits per heavy atom. The van der Waals surface area contributed by atoms with Gasteiger partial charge in [0.2, 0.25) is 10.0 Å². The maximum absolute atomic E-state index is 12.5. The highest BCUT2D eigenvalue weighted by atomic mass is 32.2. The summed E-state index contributed by atoms with van der Waals surface area (Å²) in [6, 6.07) is 4.61. The molecule has 0 heterocycles. The number of hydrogen-bond donors (Lipinski definition) is 2. The summed E-state index contributed by atoms with van der Waals surface area (Å²) in [6.07, 6.45) is 4.10. The van der Waals surface area contributed by atoms with Gasteiger partial charge in [0, 0.05) is 11.7 Å². The molecular formula is C14H22N2O3S. The van der Waals surface area contributed by atoms with Crippen LogP contribution in [0.15, 0.2) is 23.1 Å². The van der Waals surface area contributed by atoms with E-state index in [2.05, 4.69) is 4.72 Å². The number of hydrogen-bond acceptors (Lipinski definition) is 4. The van der Waals surface area contributed by atoms with Crippen molar-refractivity contribution in [3.05, 3.63) is 18.2 Å². The molecule has 1 atom stereocenters. The van der Waals surface area contributed by atoms with E-state index in [0.717, 1.165) is 12.8 Å². The third-order valence-corrected chi connectivity index (χ3v) is 5.15. The highest BCUT2D eigenvalue weighted by Crippen LogP contribution is 2.34. The Hall–Kier alpha value is -1.27. The van der Waals surface area contributed by atoms with Gasteiger partial charge in [-0.3, -0.25) is 0 Å². The Labute approximate surface area is 120 Å². The minimum Gasteiger partial charge on any atom is -0.495 e.